The highest BCUT2D eigenvalue weighted by atomic mass is 32.1. The third-order valence-corrected chi connectivity index (χ3v) is 5.34. The maximum Gasteiger partial charge on any atom is 0.350 e. The zero-order valence-electron chi connectivity index (χ0n) is 16.8. The molecule has 2 heterocycles. The molecule has 0 aliphatic carbocycles. The lowest BCUT2D eigenvalue weighted by Gasteiger charge is -2.09. The zero-order chi connectivity index (χ0) is 21.1. The van der Waals surface area contributed by atoms with Gasteiger partial charge in [-0.05, 0) is 45.0 Å². The number of aryl methyl sites for hydroxylation is 1. The van der Waals surface area contributed by atoms with Gasteiger partial charge in [0.2, 0.25) is 5.13 Å². The Morgan fingerprint density at radius 1 is 1.24 bits per heavy atom. The van der Waals surface area contributed by atoms with Crippen LogP contribution in [0.3, 0.4) is 0 Å². The number of carbonyl (C=O) groups is 2. The number of carbonyl (C=O) groups excluding carboxylic acids is 2. The number of ether oxygens (including phenoxy) is 3. The monoisotopic (exact) mass is 415 g/mol. The minimum atomic E-state index is -0.460. The van der Waals surface area contributed by atoms with Crippen LogP contribution in [0.4, 0.5) is 5.13 Å². The molecular formula is C20H21N3O5S. The lowest BCUT2D eigenvalue weighted by Crippen LogP contribution is -2.21. The van der Waals surface area contributed by atoms with Gasteiger partial charge in [-0.15, -0.1) is 0 Å². The molecule has 0 saturated heterocycles. The summed E-state index contributed by atoms with van der Waals surface area (Å²) in [5, 5.41) is 5.85. The second-order valence-corrected chi connectivity index (χ2v) is 7.08. The van der Waals surface area contributed by atoms with Crippen LogP contribution >= 0.6 is 11.3 Å². The van der Waals surface area contributed by atoms with Crippen LogP contribution in [0.5, 0.6) is 11.5 Å². The molecule has 0 atom stereocenters. The van der Waals surface area contributed by atoms with Crippen molar-refractivity contribution in [1.82, 2.24) is 4.98 Å². The molecule has 0 unspecified atom stereocenters. The third kappa shape index (κ3) is 4.00. The van der Waals surface area contributed by atoms with Crippen LogP contribution < -0.4 is 14.5 Å². The highest BCUT2D eigenvalue weighted by Gasteiger charge is 2.32. The van der Waals surface area contributed by atoms with Crippen molar-refractivity contribution < 1.29 is 23.8 Å². The molecule has 3 rings (SSSR count). The number of hydrogen-bond acceptors (Lipinski definition) is 8. The Morgan fingerprint density at radius 2 is 2.00 bits per heavy atom. The fraction of sp³-hybridized carbons (Fsp3) is 0.300. The molecule has 1 aliphatic rings. The summed E-state index contributed by atoms with van der Waals surface area (Å²) < 4.78 is 15.7. The molecular weight excluding hydrogens is 394 g/mol. The molecule has 0 fully saturated rings. The summed E-state index contributed by atoms with van der Waals surface area (Å²) in [5.74, 6) is 0.450. The number of anilines is 1. The standard InChI is InChI=1S/C20H21N3O5S/c1-6-28-19(25)17-12(3)21-20(29-17)23-18(24)15(11(2)22-23)10-13-9-14(26-4)7-8-16(13)27-5/h7-10H,6H2,1-5H3/b15-10+. The molecule has 1 aromatic carbocycles. The molecule has 0 N–H and O–H groups in total. The van der Waals surface area contributed by atoms with Gasteiger partial charge in [0.1, 0.15) is 16.4 Å². The Kier molecular flexibility index (Phi) is 5.97. The van der Waals surface area contributed by atoms with Crippen molar-refractivity contribution in [3.05, 3.63) is 39.9 Å². The molecule has 1 aromatic heterocycles. The summed E-state index contributed by atoms with van der Waals surface area (Å²) in [4.78, 5) is 29.7. The van der Waals surface area contributed by atoms with Crippen molar-refractivity contribution in [2.45, 2.75) is 20.8 Å². The molecule has 9 heteroatoms. The third-order valence-electron chi connectivity index (χ3n) is 4.23. The lowest BCUT2D eigenvalue weighted by molar-refractivity contribution is -0.114. The average molecular weight is 415 g/mol. The number of hydrogen-bond donors (Lipinski definition) is 0. The minimum absolute atomic E-state index is 0.265. The van der Waals surface area contributed by atoms with Gasteiger partial charge in [0.25, 0.3) is 5.91 Å². The topological polar surface area (TPSA) is 90.3 Å². The van der Waals surface area contributed by atoms with E-state index in [1.54, 1.807) is 59.3 Å². The van der Waals surface area contributed by atoms with E-state index in [0.717, 1.165) is 11.3 Å². The molecule has 0 bridgehead atoms. The van der Waals surface area contributed by atoms with Gasteiger partial charge in [-0.2, -0.15) is 10.1 Å². The van der Waals surface area contributed by atoms with E-state index in [4.69, 9.17) is 14.2 Å². The van der Waals surface area contributed by atoms with Gasteiger partial charge in [0.05, 0.1) is 37.8 Å². The van der Waals surface area contributed by atoms with E-state index in [9.17, 15) is 9.59 Å². The van der Waals surface area contributed by atoms with Gasteiger partial charge < -0.3 is 14.2 Å². The molecule has 0 saturated carbocycles. The lowest BCUT2D eigenvalue weighted by atomic mass is 10.1. The first kappa shape index (κ1) is 20.5. The molecule has 1 aliphatic heterocycles. The van der Waals surface area contributed by atoms with Crippen molar-refractivity contribution in [3.63, 3.8) is 0 Å². The number of hydrazone groups is 1. The van der Waals surface area contributed by atoms with E-state index in [-0.39, 0.29) is 12.5 Å². The zero-order valence-corrected chi connectivity index (χ0v) is 17.6. The summed E-state index contributed by atoms with van der Waals surface area (Å²) in [6.07, 6.45) is 1.70. The van der Waals surface area contributed by atoms with Crippen molar-refractivity contribution in [2.75, 3.05) is 25.8 Å². The smallest absolute Gasteiger partial charge is 0.350 e. The maximum absolute atomic E-state index is 13.0. The van der Waals surface area contributed by atoms with Crippen LogP contribution in [-0.4, -0.2) is 43.4 Å². The van der Waals surface area contributed by atoms with Gasteiger partial charge in [-0.3, -0.25) is 4.79 Å². The number of esters is 1. The second kappa shape index (κ2) is 8.44. The quantitative estimate of drug-likeness (QED) is 0.530. The maximum atomic E-state index is 13.0. The molecule has 0 radical (unpaired) electrons. The van der Waals surface area contributed by atoms with Crippen LogP contribution in [0.25, 0.3) is 6.08 Å². The van der Waals surface area contributed by atoms with E-state index in [1.807, 2.05) is 0 Å². The van der Waals surface area contributed by atoms with Crippen LogP contribution in [-0.2, 0) is 9.53 Å². The van der Waals surface area contributed by atoms with Crippen LogP contribution in [0.15, 0.2) is 28.9 Å². The summed E-state index contributed by atoms with van der Waals surface area (Å²) in [5.41, 5.74) is 2.12. The fourth-order valence-corrected chi connectivity index (χ4v) is 3.69. The number of aromatic nitrogens is 1. The summed E-state index contributed by atoms with van der Waals surface area (Å²) >= 11 is 1.07. The van der Waals surface area contributed by atoms with E-state index in [0.29, 0.717) is 44.0 Å². The first-order valence-corrected chi connectivity index (χ1v) is 9.69. The molecule has 1 amide bonds. The van der Waals surface area contributed by atoms with Gasteiger partial charge >= 0.3 is 5.97 Å². The van der Waals surface area contributed by atoms with Crippen molar-refractivity contribution >= 4 is 40.1 Å². The predicted molar refractivity (Wildman–Crippen MR) is 111 cm³/mol. The molecule has 2 aromatic rings. The number of benzene rings is 1. The Morgan fingerprint density at radius 3 is 2.66 bits per heavy atom. The summed E-state index contributed by atoms with van der Waals surface area (Å²) in [6.45, 7) is 5.43. The largest absolute Gasteiger partial charge is 0.497 e. The predicted octanol–water partition coefficient (Wildman–Crippen LogP) is 3.45. The number of amides is 1. The Labute approximate surface area is 172 Å². The minimum Gasteiger partial charge on any atom is -0.497 e. The average Bonchev–Trinajstić information content (AvgIpc) is 3.22. The SMILES string of the molecule is CCOC(=O)c1sc(N2N=C(C)/C(=C\c3cc(OC)ccc3OC)C2=O)nc1C. The number of rotatable bonds is 6. The number of thiazole rings is 1. The second-order valence-electron chi connectivity index (χ2n) is 6.10. The van der Waals surface area contributed by atoms with Crippen molar-refractivity contribution in [2.24, 2.45) is 5.10 Å². The van der Waals surface area contributed by atoms with Gasteiger partial charge in [-0.1, -0.05) is 11.3 Å². The number of nitrogens with zero attached hydrogens (tertiary/aromatic N) is 3. The van der Waals surface area contributed by atoms with E-state index in [2.05, 4.69) is 10.1 Å². The van der Waals surface area contributed by atoms with Crippen molar-refractivity contribution in [1.29, 1.82) is 0 Å². The molecule has 152 valence electrons. The van der Waals surface area contributed by atoms with Crippen molar-refractivity contribution in [3.8, 4) is 11.5 Å². The van der Waals surface area contributed by atoms with Crippen LogP contribution in [0.1, 0.15) is 34.8 Å². The number of methoxy groups -OCH3 is 2. The normalized spacial score (nSPS) is 14.9. The van der Waals surface area contributed by atoms with E-state index in [1.165, 1.54) is 5.01 Å². The Balaban J connectivity index is 1.95. The first-order valence-electron chi connectivity index (χ1n) is 8.87. The highest BCUT2D eigenvalue weighted by Crippen LogP contribution is 2.33. The fourth-order valence-electron chi connectivity index (χ4n) is 2.78. The molecule has 29 heavy (non-hydrogen) atoms. The Hall–Kier alpha value is -3.20. The summed E-state index contributed by atoms with van der Waals surface area (Å²) in [7, 11) is 3.13. The Bertz CT molecular complexity index is 1030. The van der Waals surface area contributed by atoms with Gasteiger partial charge in [0.15, 0.2) is 0 Å². The van der Waals surface area contributed by atoms with Crippen LogP contribution in [0.2, 0.25) is 0 Å². The first-order chi connectivity index (χ1) is 13.9. The van der Waals surface area contributed by atoms with Crippen LogP contribution in [0, 0.1) is 6.92 Å². The molecule has 8 nitrogen and oxygen atoms in total. The van der Waals surface area contributed by atoms with E-state index >= 15 is 0 Å². The van der Waals surface area contributed by atoms with Gasteiger partial charge in [-0.25, -0.2) is 9.78 Å². The highest BCUT2D eigenvalue weighted by molar-refractivity contribution is 7.17. The van der Waals surface area contributed by atoms with E-state index < -0.39 is 5.97 Å². The summed E-state index contributed by atoms with van der Waals surface area (Å²) in [6, 6.07) is 5.33. The van der Waals surface area contributed by atoms with Gasteiger partial charge in [0, 0.05) is 5.56 Å². The molecule has 0 spiro atoms.